The second-order valence-electron chi connectivity index (χ2n) is 9.09. The SMILES string of the molecule is N#CC1(NC(=O)c2ccc(S(=O)(=O)N3C[C@@H]4C[C@H]5C[C@H]4[C@H]3[C@@H]5O)cc2)CCCC1. The number of amides is 1. The minimum absolute atomic E-state index is 0.141. The summed E-state index contributed by atoms with van der Waals surface area (Å²) in [5, 5.41) is 22.8. The molecule has 1 saturated heterocycles. The predicted octanol–water partition coefficient (Wildman–Crippen LogP) is 1.64. The minimum Gasteiger partial charge on any atom is -0.391 e. The molecule has 1 aliphatic heterocycles. The van der Waals surface area contributed by atoms with Crippen molar-refractivity contribution in [2.24, 2.45) is 17.8 Å². The van der Waals surface area contributed by atoms with Gasteiger partial charge in [-0.05, 0) is 80.5 Å². The molecule has 2 N–H and O–H groups in total. The quantitative estimate of drug-likeness (QED) is 0.777. The van der Waals surface area contributed by atoms with Gasteiger partial charge < -0.3 is 10.4 Å². The molecule has 0 aromatic heterocycles. The van der Waals surface area contributed by atoms with Crippen molar-refractivity contribution < 1.29 is 18.3 Å². The van der Waals surface area contributed by atoms with Crippen molar-refractivity contribution in [2.75, 3.05) is 6.54 Å². The summed E-state index contributed by atoms with van der Waals surface area (Å²) in [5.74, 6) is 0.486. The lowest BCUT2D eigenvalue weighted by Crippen LogP contribution is -2.45. The van der Waals surface area contributed by atoms with Gasteiger partial charge in [0.15, 0.2) is 0 Å². The molecule has 3 aliphatic carbocycles. The fourth-order valence-corrected chi connectivity index (χ4v) is 7.82. The monoisotopic (exact) mass is 415 g/mol. The van der Waals surface area contributed by atoms with Gasteiger partial charge in [-0.2, -0.15) is 9.57 Å². The first-order valence-electron chi connectivity index (χ1n) is 10.4. The average molecular weight is 416 g/mol. The number of nitrogens with zero attached hydrogens (tertiary/aromatic N) is 2. The highest BCUT2D eigenvalue weighted by molar-refractivity contribution is 7.89. The highest BCUT2D eigenvalue weighted by atomic mass is 32.2. The van der Waals surface area contributed by atoms with Gasteiger partial charge in [0.2, 0.25) is 10.0 Å². The molecule has 0 unspecified atom stereocenters. The Bertz CT molecular complexity index is 976. The Kier molecular flexibility index (Phi) is 4.28. The van der Waals surface area contributed by atoms with E-state index < -0.39 is 21.7 Å². The summed E-state index contributed by atoms with van der Waals surface area (Å²) in [7, 11) is -3.72. The van der Waals surface area contributed by atoms with E-state index in [1.807, 2.05) is 0 Å². The molecule has 154 valence electrons. The molecule has 0 spiro atoms. The third-order valence-corrected chi connectivity index (χ3v) is 9.43. The topological polar surface area (TPSA) is 110 Å². The molecule has 4 aliphatic rings. The van der Waals surface area contributed by atoms with Crippen molar-refractivity contribution in [3.05, 3.63) is 29.8 Å². The van der Waals surface area contributed by atoms with Gasteiger partial charge in [-0.15, -0.1) is 0 Å². The van der Waals surface area contributed by atoms with Crippen LogP contribution in [0, 0.1) is 29.1 Å². The highest BCUT2D eigenvalue weighted by Gasteiger charge is 2.61. The van der Waals surface area contributed by atoms with Crippen LogP contribution in [0.15, 0.2) is 29.2 Å². The molecule has 1 amide bonds. The number of aliphatic hydroxyl groups excluding tert-OH is 1. The van der Waals surface area contributed by atoms with Crippen molar-refractivity contribution in [3.8, 4) is 6.07 Å². The van der Waals surface area contributed by atoms with E-state index in [0.29, 0.717) is 30.9 Å². The van der Waals surface area contributed by atoms with Crippen LogP contribution in [-0.4, -0.2) is 48.0 Å². The molecule has 8 heteroatoms. The highest BCUT2D eigenvalue weighted by Crippen LogP contribution is 2.56. The van der Waals surface area contributed by atoms with Gasteiger partial charge in [0.25, 0.3) is 5.91 Å². The number of rotatable bonds is 4. The lowest BCUT2D eigenvalue weighted by atomic mass is 9.88. The van der Waals surface area contributed by atoms with Crippen LogP contribution in [0.1, 0.15) is 48.9 Å². The number of carbonyl (C=O) groups is 1. The summed E-state index contributed by atoms with van der Waals surface area (Å²) in [6, 6.07) is 7.82. The molecule has 1 aromatic rings. The first-order chi connectivity index (χ1) is 13.8. The van der Waals surface area contributed by atoms with Gasteiger partial charge in [0.1, 0.15) is 5.54 Å². The number of benzene rings is 1. The van der Waals surface area contributed by atoms with Gasteiger partial charge in [0.05, 0.1) is 23.1 Å². The van der Waals surface area contributed by atoms with Crippen molar-refractivity contribution >= 4 is 15.9 Å². The summed E-state index contributed by atoms with van der Waals surface area (Å²) in [4.78, 5) is 12.7. The summed E-state index contributed by atoms with van der Waals surface area (Å²) >= 11 is 0. The van der Waals surface area contributed by atoms with Crippen LogP contribution in [0.3, 0.4) is 0 Å². The number of nitrogens with one attached hydrogen (secondary N) is 1. The van der Waals surface area contributed by atoms with Crippen LogP contribution < -0.4 is 5.32 Å². The average Bonchev–Trinajstić information content (AvgIpc) is 3.45. The molecule has 1 aromatic carbocycles. The zero-order chi connectivity index (χ0) is 20.4. The first-order valence-corrected chi connectivity index (χ1v) is 11.8. The molecular weight excluding hydrogens is 390 g/mol. The summed E-state index contributed by atoms with van der Waals surface area (Å²) < 4.78 is 27.9. The van der Waals surface area contributed by atoms with E-state index in [-0.39, 0.29) is 28.7 Å². The number of fused-ring (bicyclic) bond motifs is 1. The maximum Gasteiger partial charge on any atom is 0.252 e. The third-order valence-electron chi connectivity index (χ3n) is 7.55. The van der Waals surface area contributed by atoms with Crippen LogP contribution in [0.2, 0.25) is 0 Å². The van der Waals surface area contributed by atoms with Crippen LogP contribution in [-0.2, 0) is 10.0 Å². The number of nitriles is 1. The van der Waals surface area contributed by atoms with Crippen molar-refractivity contribution in [1.82, 2.24) is 9.62 Å². The van der Waals surface area contributed by atoms with Crippen molar-refractivity contribution in [3.63, 3.8) is 0 Å². The molecule has 29 heavy (non-hydrogen) atoms. The molecule has 7 nitrogen and oxygen atoms in total. The number of hydrogen-bond acceptors (Lipinski definition) is 5. The molecule has 3 saturated carbocycles. The minimum atomic E-state index is -3.72. The lowest BCUT2D eigenvalue weighted by molar-refractivity contribution is 0.0731. The van der Waals surface area contributed by atoms with Crippen LogP contribution >= 0.6 is 0 Å². The lowest BCUT2D eigenvalue weighted by Gasteiger charge is -2.28. The summed E-state index contributed by atoms with van der Waals surface area (Å²) in [6.45, 7) is 0.470. The number of aliphatic hydroxyl groups is 1. The van der Waals surface area contributed by atoms with E-state index in [2.05, 4.69) is 11.4 Å². The van der Waals surface area contributed by atoms with Gasteiger partial charge >= 0.3 is 0 Å². The molecule has 4 fully saturated rings. The van der Waals surface area contributed by atoms with E-state index in [0.717, 1.165) is 25.7 Å². The molecular formula is C21H25N3O4S. The molecule has 5 rings (SSSR count). The molecule has 2 bridgehead atoms. The number of sulfonamides is 1. The zero-order valence-electron chi connectivity index (χ0n) is 16.1. The van der Waals surface area contributed by atoms with Crippen LogP contribution in [0.5, 0.6) is 0 Å². The smallest absolute Gasteiger partial charge is 0.252 e. The van der Waals surface area contributed by atoms with Crippen molar-refractivity contribution in [1.29, 1.82) is 5.26 Å². The molecule has 1 heterocycles. The summed E-state index contributed by atoms with van der Waals surface area (Å²) in [5.41, 5.74) is -0.473. The van der Waals surface area contributed by atoms with E-state index in [1.54, 1.807) is 0 Å². The number of hydrogen-bond donors (Lipinski definition) is 2. The largest absolute Gasteiger partial charge is 0.391 e. The van der Waals surface area contributed by atoms with Crippen LogP contribution in [0.25, 0.3) is 0 Å². The Morgan fingerprint density at radius 1 is 1.17 bits per heavy atom. The number of carbonyl (C=O) groups excluding carboxylic acids is 1. The Labute approximate surface area is 170 Å². The first kappa shape index (κ1) is 19.0. The Morgan fingerprint density at radius 3 is 2.48 bits per heavy atom. The molecule has 0 radical (unpaired) electrons. The Morgan fingerprint density at radius 2 is 1.86 bits per heavy atom. The van der Waals surface area contributed by atoms with E-state index in [9.17, 15) is 23.6 Å². The standard InChI is InChI=1S/C21H25N3O4S/c22-12-21(7-1-2-8-21)23-20(26)13-3-5-16(6-4-13)29(27,28)24-11-15-9-14-10-17(15)18(24)19(14)25/h3-6,14-15,17-19,25H,1-2,7-11H2,(H,23,26)/t14-,15-,17+,18-,19+/m0/s1. The fraction of sp³-hybridized carbons (Fsp3) is 0.619. The molecule has 5 atom stereocenters. The van der Waals surface area contributed by atoms with Gasteiger partial charge in [-0.25, -0.2) is 8.42 Å². The second kappa shape index (κ2) is 6.53. The Balaban J connectivity index is 1.35. The Hall–Kier alpha value is -1.95. The van der Waals surface area contributed by atoms with Crippen molar-refractivity contribution in [2.45, 2.75) is 61.1 Å². The van der Waals surface area contributed by atoms with Gasteiger partial charge in [-0.3, -0.25) is 4.79 Å². The maximum atomic E-state index is 13.2. The predicted molar refractivity (Wildman–Crippen MR) is 104 cm³/mol. The van der Waals surface area contributed by atoms with Gasteiger partial charge in [-0.1, -0.05) is 0 Å². The van der Waals surface area contributed by atoms with E-state index in [4.69, 9.17) is 0 Å². The van der Waals surface area contributed by atoms with Gasteiger partial charge in [0, 0.05) is 12.1 Å². The second-order valence-corrected chi connectivity index (χ2v) is 11.0. The van der Waals surface area contributed by atoms with E-state index in [1.165, 1.54) is 28.6 Å². The zero-order valence-corrected chi connectivity index (χ0v) is 16.9. The maximum absolute atomic E-state index is 13.2. The normalized spacial score (nSPS) is 35.0. The summed E-state index contributed by atoms with van der Waals surface area (Å²) in [6.07, 6.45) is 4.36. The third kappa shape index (κ3) is 2.82. The fourth-order valence-electron chi connectivity index (χ4n) is 6.08. The van der Waals surface area contributed by atoms with Crippen LogP contribution in [0.4, 0.5) is 0 Å². The van der Waals surface area contributed by atoms with E-state index >= 15 is 0 Å².